The van der Waals surface area contributed by atoms with Gasteiger partial charge >= 0.3 is 0 Å². The van der Waals surface area contributed by atoms with Crippen molar-refractivity contribution < 1.29 is 9.84 Å². The summed E-state index contributed by atoms with van der Waals surface area (Å²) in [5.41, 5.74) is 3.66. The fraction of sp³-hybridized carbons (Fsp3) is 0.208. The predicted octanol–water partition coefficient (Wildman–Crippen LogP) is 6.43. The average molecular weight is 486 g/mol. The van der Waals surface area contributed by atoms with Gasteiger partial charge in [-0.15, -0.1) is 0 Å². The van der Waals surface area contributed by atoms with Crippen molar-refractivity contribution in [3.63, 3.8) is 0 Å². The van der Waals surface area contributed by atoms with Crippen LogP contribution in [0.25, 0.3) is 0 Å². The van der Waals surface area contributed by atoms with E-state index in [-0.39, 0.29) is 18.0 Å². The highest BCUT2D eigenvalue weighted by molar-refractivity contribution is 9.10. The van der Waals surface area contributed by atoms with Crippen LogP contribution in [0.2, 0.25) is 5.02 Å². The molecule has 3 aromatic rings. The molecule has 2 N–H and O–H groups in total. The standard InChI is InChI=1S/C24H22BrClN2O2/c1-2-30-22-12-6-10-18(23(22)29)21-14-20(15-7-5-8-16(25)13-15)27-24(28-21)17-9-3-4-11-19(17)26/h3-13,21,24,28-29H,2,14H2,1H3/t21-,24+/m1/s1. The molecule has 6 heteroatoms. The number of ether oxygens (including phenoxy) is 1. The number of aliphatic imine (C=N–C) groups is 1. The molecule has 1 aliphatic heterocycles. The molecule has 0 unspecified atom stereocenters. The van der Waals surface area contributed by atoms with Crippen LogP contribution in [-0.2, 0) is 0 Å². The second-order valence-electron chi connectivity index (χ2n) is 7.06. The van der Waals surface area contributed by atoms with Gasteiger partial charge in [-0.05, 0) is 36.8 Å². The number of phenols is 1. The molecule has 0 saturated carbocycles. The first kappa shape index (κ1) is 20.9. The highest BCUT2D eigenvalue weighted by Gasteiger charge is 2.29. The molecule has 0 saturated heterocycles. The molecule has 0 bridgehead atoms. The quantitative estimate of drug-likeness (QED) is 0.438. The van der Waals surface area contributed by atoms with Crippen molar-refractivity contribution in [2.24, 2.45) is 4.99 Å². The molecule has 1 heterocycles. The van der Waals surface area contributed by atoms with Gasteiger partial charge in [-0.2, -0.15) is 0 Å². The molecule has 0 fully saturated rings. The average Bonchev–Trinajstić information content (AvgIpc) is 2.75. The van der Waals surface area contributed by atoms with Gasteiger partial charge in [0.15, 0.2) is 11.5 Å². The predicted molar refractivity (Wildman–Crippen MR) is 125 cm³/mol. The van der Waals surface area contributed by atoms with Crippen LogP contribution in [0.5, 0.6) is 11.5 Å². The summed E-state index contributed by atoms with van der Waals surface area (Å²) in [7, 11) is 0. The lowest BCUT2D eigenvalue weighted by atomic mass is 9.93. The van der Waals surface area contributed by atoms with Crippen molar-refractivity contribution in [3.8, 4) is 11.5 Å². The number of halogens is 2. The highest BCUT2D eigenvalue weighted by Crippen LogP contribution is 2.39. The van der Waals surface area contributed by atoms with Crippen LogP contribution in [0, 0.1) is 0 Å². The fourth-order valence-corrected chi connectivity index (χ4v) is 4.34. The minimum absolute atomic E-state index is 0.154. The number of nitrogens with one attached hydrogen (secondary N) is 1. The first-order chi connectivity index (χ1) is 14.6. The molecule has 0 spiro atoms. The van der Waals surface area contributed by atoms with Crippen molar-refractivity contribution in [2.45, 2.75) is 25.6 Å². The number of nitrogens with zero attached hydrogens (tertiary/aromatic N) is 1. The molecule has 1 aliphatic rings. The summed E-state index contributed by atoms with van der Waals surface area (Å²) in [5, 5.41) is 15.1. The third-order valence-electron chi connectivity index (χ3n) is 5.10. The van der Waals surface area contributed by atoms with Gasteiger partial charge < -0.3 is 9.84 Å². The van der Waals surface area contributed by atoms with Crippen LogP contribution < -0.4 is 10.1 Å². The summed E-state index contributed by atoms with van der Waals surface area (Å²) < 4.78 is 6.58. The number of hydrogen-bond acceptors (Lipinski definition) is 4. The Kier molecular flexibility index (Phi) is 6.42. The topological polar surface area (TPSA) is 53.8 Å². The lowest BCUT2D eigenvalue weighted by molar-refractivity contribution is 0.313. The normalized spacial score (nSPS) is 18.7. The van der Waals surface area contributed by atoms with Crippen LogP contribution in [0.1, 0.15) is 42.2 Å². The molecule has 3 aromatic carbocycles. The Balaban J connectivity index is 1.78. The second-order valence-corrected chi connectivity index (χ2v) is 8.38. The zero-order valence-corrected chi connectivity index (χ0v) is 18.8. The van der Waals surface area contributed by atoms with Crippen LogP contribution in [-0.4, -0.2) is 17.4 Å². The Bertz CT molecular complexity index is 1090. The first-order valence-corrected chi connectivity index (χ1v) is 11.0. The monoisotopic (exact) mass is 484 g/mol. The highest BCUT2D eigenvalue weighted by atomic mass is 79.9. The van der Waals surface area contributed by atoms with Gasteiger partial charge in [-0.1, -0.05) is 70.0 Å². The summed E-state index contributed by atoms with van der Waals surface area (Å²) in [6.07, 6.45) is 0.294. The van der Waals surface area contributed by atoms with Crippen LogP contribution in [0.15, 0.2) is 76.2 Å². The van der Waals surface area contributed by atoms with E-state index in [4.69, 9.17) is 21.3 Å². The van der Waals surface area contributed by atoms with E-state index in [0.717, 1.165) is 26.9 Å². The molecule has 0 aromatic heterocycles. The summed E-state index contributed by atoms with van der Waals surface area (Å²) in [6.45, 7) is 2.39. The number of rotatable bonds is 5. The van der Waals surface area contributed by atoms with E-state index in [2.05, 4.69) is 27.3 Å². The van der Waals surface area contributed by atoms with Crippen molar-refractivity contribution in [3.05, 3.63) is 92.9 Å². The molecule has 0 radical (unpaired) electrons. The minimum atomic E-state index is -0.332. The number of aromatic hydroxyl groups is 1. The Morgan fingerprint density at radius 3 is 2.63 bits per heavy atom. The Morgan fingerprint density at radius 1 is 1.10 bits per heavy atom. The maximum Gasteiger partial charge on any atom is 0.162 e. The molecule has 0 amide bonds. The third kappa shape index (κ3) is 4.38. The van der Waals surface area contributed by atoms with Gasteiger partial charge in [0.1, 0.15) is 6.17 Å². The van der Waals surface area contributed by atoms with Crippen LogP contribution >= 0.6 is 27.5 Å². The maximum atomic E-state index is 10.8. The van der Waals surface area contributed by atoms with Crippen molar-refractivity contribution in [2.75, 3.05) is 6.61 Å². The van der Waals surface area contributed by atoms with Gasteiger partial charge in [-0.25, -0.2) is 0 Å². The molecular formula is C24H22BrClN2O2. The SMILES string of the molecule is CCOc1cccc([C@H]2CC(c3cccc(Br)c3)=N[C@H](c3ccccc3Cl)N2)c1O. The Hall–Kier alpha value is -2.34. The molecule has 4 nitrogen and oxygen atoms in total. The summed E-state index contributed by atoms with van der Waals surface area (Å²) in [6, 6.07) is 21.2. The van der Waals surface area contributed by atoms with E-state index in [1.54, 1.807) is 6.07 Å². The van der Waals surface area contributed by atoms with Gasteiger partial charge in [0, 0.05) is 38.8 Å². The van der Waals surface area contributed by atoms with Gasteiger partial charge in [0.05, 0.1) is 6.61 Å². The molecule has 0 aliphatic carbocycles. The van der Waals surface area contributed by atoms with E-state index in [1.807, 2.05) is 61.5 Å². The number of benzene rings is 3. The number of hydrogen-bond donors (Lipinski definition) is 2. The first-order valence-electron chi connectivity index (χ1n) is 9.84. The Labute approximate surface area is 189 Å². The molecule has 154 valence electrons. The zero-order valence-electron chi connectivity index (χ0n) is 16.5. The number of phenolic OH excluding ortho intramolecular Hbond substituents is 1. The third-order valence-corrected chi connectivity index (χ3v) is 5.94. The summed E-state index contributed by atoms with van der Waals surface area (Å²) in [4.78, 5) is 4.98. The van der Waals surface area contributed by atoms with Crippen molar-refractivity contribution in [1.82, 2.24) is 5.32 Å². The lowest BCUT2D eigenvalue weighted by Crippen LogP contribution is -2.33. The zero-order chi connectivity index (χ0) is 21.1. The van der Waals surface area contributed by atoms with Crippen LogP contribution in [0.4, 0.5) is 0 Å². The van der Waals surface area contributed by atoms with Crippen molar-refractivity contribution >= 4 is 33.2 Å². The van der Waals surface area contributed by atoms with E-state index in [0.29, 0.717) is 23.8 Å². The van der Waals surface area contributed by atoms with Crippen LogP contribution in [0.3, 0.4) is 0 Å². The Morgan fingerprint density at radius 2 is 1.87 bits per heavy atom. The number of para-hydroxylation sites is 1. The lowest BCUT2D eigenvalue weighted by Gasteiger charge is -2.31. The van der Waals surface area contributed by atoms with E-state index < -0.39 is 0 Å². The van der Waals surface area contributed by atoms with E-state index >= 15 is 0 Å². The van der Waals surface area contributed by atoms with E-state index in [9.17, 15) is 5.11 Å². The smallest absolute Gasteiger partial charge is 0.162 e. The minimum Gasteiger partial charge on any atom is -0.504 e. The fourth-order valence-electron chi connectivity index (χ4n) is 3.70. The molecule has 4 rings (SSSR count). The van der Waals surface area contributed by atoms with Gasteiger partial charge in [0.25, 0.3) is 0 Å². The van der Waals surface area contributed by atoms with E-state index in [1.165, 1.54) is 0 Å². The van der Waals surface area contributed by atoms with Gasteiger partial charge in [-0.3, -0.25) is 10.3 Å². The molecule has 30 heavy (non-hydrogen) atoms. The summed E-state index contributed by atoms with van der Waals surface area (Å²) >= 11 is 10.0. The summed E-state index contributed by atoms with van der Waals surface area (Å²) in [5.74, 6) is 0.642. The molecular weight excluding hydrogens is 464 g/mol. The van der Waals surface area contributed by atoms with Crippen molar-refractivity contribution in [1.29, 1.82) is 0 Å². The van der Waals surface area contributed by atoms with Gasteiger partial charge in [0.2, 0.25) is 0 Å². The second kappa shape index (κ2) is 9.21. The molecule has 2 atom stereocenters. The largest absolute Gasteiger partial charge is 0.504 e. The maximum absolute atomic E-state index is 10.8.